The van der Waals surface area contributed by atoms with Gasteiger partial charge in [0.25, 0.3) is 0 Å². The topological polar surface area (TPSA) is 9.72 Å². The Hall–Kier alpha value is -9.48. The number of nitrogens with zero attached hydrogens (tertiary/aromatic N) is 3. The lowest BCUT2D eigenvalue weighted by Gasteiger charge is -2.39. The molecule has 0 bridgehead atoms. The molecule has 4 heteroatoms. The summed E-state index contributed by atoms with van der Waals surface area (Å²) in [6.07, 6.45) is 4.51. The number of rotatable bonds is 15. The minimum atomic E-state index is 0.372. The van der Waals surface area contributed by atoms with E-state index in [-0.39, 0.29) is 0 Å². The van der Waals surface area contributed by atoms with Crippen molar-refractivity contribution in [1.29, 1.82) is 0 Å². The molecule has 11 aromatic carbocycles. The standard InChI is InChI=1S/C76H61N3S/c1-6-16-64(17-7-1)75-54-55-76(80-75)65-42-52-74(53-43-65)79(72-48-38-62(39-49-72)58-30-26-56(27-31-58)60-34-44-70(45-35-60)77(66-18-8-2-9-19-66)67-20-10-3-11-21-67)73-50-40-63(41-51-73)59-32-28-57(29-33-59)61-36-46-71(47-37-61)78(68-22-12-4-13-23-68)69-24-14-5-15-25-69/h1-39,42-49,52-55,63,73H,40-41,50-51H2. The summed E-state index contributed by atoms with van der Waals surface area (Å²) in [5.74, 6) is 0.524. The van der Waals surface area contributed by atoms with Crippen LogP contribution in [-0.2, 0) is 0 Å². The van der Waals surface area contributed by atoms with Gasteiger partial charge in [0.1, 0.15) is 0 Å². The summed E-state index contributed by atoms with van der Waals surface area (Å²) in [5, 5.41) is 0. The molecule has 1 saturated carbocycles. The Morgan fingerprint density at radius 3 is 0.838 bits per heavy atom. The summed E-state index contributed by atoms with van der Waals surface area (Å²) >= 11 is 1.86. The maximum atomic E-state index is 2.63. The Kier molecular flexibility index (Phi) is 14.5. The van der Waals surface area contributed by atoms with E-state index in [4.69, 9.17) is 0 Å². The molecule has 0 saturated heterocycles. The van der Waals surface area contributed by atoms with E-state index in [2.05, 4.69) is 324 Å². The zero-order valence-corrected chi connectivity index (χ0v) is 45.5. The molecular formula is C76H61N3S. The zero-order chi connectivity index (χ0) is 53.5. The summed E-state index contributed by atoms with van der Waals surface area (Å²) in [6, 6.07) is 113. The fourth-order valence-electron chi connectivity index (χ4n) is 11.7. The quantitative estimate of drug-likeness (QED) is 0.101. The van der Waals surface area contributed by atoms with Crippen molar-refractivity contribution in [2.75, 3.05) is 14.7 Å². The van der Waals surface area contributed by atoms with Crippen LogP contribution in [0.15, 0.2) is 309 Å². The van der Waals surface area contributed by atoms with Gasteiger partial charge in [0.05, 0.1) is 0 Å². The van der Waals surface area contributed by atoms with Crippen molar-refractivity contribution in [3.05, 3.63) is 315 Å². The molecule has 1 aliphatic rings. The van der Waals surface area contributed by atoms with Crippen LogP contribution in [0, 0.1) is 0 Å². The van der Waals surface area contributed by atoms with Gasteiger partial charge in [-0.05, 0) is 191 Å². The molecule has 0 atom stereocenters. The van der Waals surface area contributed by atoms with E-state index in [1.165, 1.54) is 71.2 Å². The van der Waals surface area contributed by atoms with Gasteiger partial charge in [-0.3, -0.25) is 0 Å². The average molecular weight is 1050 g/mol. The fourth-order valence-corrected chi connectivity index (χ4v) is 12.7. The highest BCUT2D eigenvalue weighted by atomic mass is 32.1. The lowest BCUT2D eigenvalue weighted by Crippen LogP contribution is -2.34. The summed E-state index contributed by atoms with van der Waals surface area (Å²) in [4.78, 5) is 9.82. The second-order valence-electron chi connectivity index (χ2n) is 20.8. The van der Waals surface area contributed by atoms with E-state index in [0.29, 0.717) is 12.0 Å². The summed E-state index contributed by atoms with van der Waals surface area (Å²) < 4.78 is 0. The van der Waals surface area contributed by atoms with Crippen LogP contribution in [0.25, 0.3) is 54.3 Å². The zero-order valence-electron chi connectivity index (χ0n) is 44.7. The predicted octanol–water partition coefficient (Wildman–Crippen LogP) is 21.9. The lowest BCUT2D eigenvalue weighted by molar-refractivity contribution is 0.392. The van der Waals surface area contributed by atoms with Crippen LogP contribution in [0.4, 0.5) is 45.5 Å². The third-order valence-electron chi connectivity index (χ3n) is 15.9. The Labute approximate surface area is 475 Å². The molecule has 0 N–H and O–H groups in total. The van der Waals surface area contributed by atoms with Gasteiger partial charge in [0.15, 0.2) is 0 Å². The molecule has 80 heavy (non-hydrogen) atoms. The van der Waals surface area contributed by atoms with E-state index < -0.39 is 0 Å². The van der Waals surface area contributed by atoms with E-state index in [1.807, 2.05) is 11.3 Å². The largest absolute Gasteiger partial charge is 0.338 e. The average Bonchev–Trinajstić information content (AvgIpc) is 4.06. The molecule has 0 radical (unpaired) electrons. The molecule has 3 nitrogen and oxygen atoms in total. The van der Waals surface area contributed by atoms with E-state index in [9.17, 15) is 0 Å². The van der Waals surface area contributed by atoms with Gasteiger partial charge in [0, 0.05) is 61.3 Å². The number of benzene rings is 11. The van der Waals surface area contributed by atoms with Gasteiger partial charge >= 0.3 is 0 Å². The Bertz CT molecular complexity index is 3800. The smallest absolute Gasteiger partial charge is 0.0462 e. The lowest BCUT2D eigenvalue weighted by atomic mass is 9.80. The minimum Gasteiger partial charge on any atom is -0.338 e. The highest BCUT2D eigenvalue weighted by Crippen LogP contribution is 2.43. The first-order valence-corrected chi connectivity index (χ1v) is 28.8. The Morgan fingerprint density at radius 2 is 0.487 bits per heavy atom. The first kappa shape index (κ1) is 50.1. The third kappa shape index (κ3) is 10.9. The van der Waals surface area contributed by atoms with Crippen molar-refractivity contribution < 1.29 is 0 Å². The molecule has 12 aromatic rings. The molecule has 13 rings (SSSR count). The number of para-hydroxylation sites is 4. The monoisotopic (exact) mass is 1050 g/mol. The maximum Gasteiger partial charge on any atom is 0.0462 e. The van der Waals surface area contributed by atoms with Gasteiger partial charge < -0.3 is 14.7 Å². The van der Waals surface area contributed by atoms with Crippen molar-refractivity contribution in [2.24, 2.45) is 0 Å². The highest BCUT2D eigenvalue weighted by molar-refractivity contribution is 7.18. The van der Waals surface area contributed by atoms with Gasteiger partial charge in [0.2, 0.25) is 0 Å². The van der Waals surface area contributed by atoms with E-state index >= 15 is 0 Å². The normalized spacial score (nSPS) is 14.1. The highest BCUT2D eigenvalue weighted by Gasteiger charge is 2.29. The fraction of sp³-hybridized carbons (Fsp3) is 0.0789. The van der Waals surface area contributed by atoms with E-state index in [1.54, 1.807) is 0 Å². The number of hydrogen-bond acceptors (Lipinski definition) is 4. The van der Waals surface area contributed by atoms with Crippen LogP contribution >= 0.6 is 11.3 Å². The van der Waals surface area contributed by atoms with Crippen molar-refractivity contribution in [2.45, 2.75) is 37.6 Å². The molecule has 1 aliphatic carbocycles. The summed E-state index contributed by atoms with van der Waals surface area (Å²) in [7, 11) is 0. The number of anilines is 8. The molecule has 0 unspecified atom stereocenters. The SMILES string of the molecule is c1ccc(-c2ccc(-c3ccc(N(c4ccc(-c5ccc(-c6ccc(N(c7ccccc7)c7ccccc7)cc6)cc5)cc4)C4CCC(c5ccc(-c6ccc(N(c7ccccc7)c7ccccc7)cc6)cc5)CC4)cc3)s2)cc1. The molecule has 0 amide bonds. The molecule has 1 heterocycles. The molecule has 0 aliphatic heterocycles. The third-order valence-corrected chi connectivity index (χ3v) is 17.1. The molecule has 386 valence electrons. The van der Waals surface area contributed by atoms with E-state index in [0.717, 1.165) is 59.8 Å². The van der Waals surface area contributed by atoms with Crippen molar-refractivity contribution in [3.8, 4) is 54.3 Å². The first-order valence-electron chi connectivity index (χ1n) is 28.0. The maximum absolute atomic E-state index is 2.63. The van der Waals surface area contributed by atoms with Crippen LogP contribution in [-0.4, -0.2) is 6.04 Å². The van der Waals surface area contributed by atoms with Crippen LogP contribution in [0.5, 0.6) is 0 Å². The van der Waals surface area contributed by atoms with Crippen molar-refractivity contribution in [1.82, 2.24) is 0 Å². The summed E-state index contributed by atoms with van der Waals surface area (Å²) in [5.41, 5.74) is 20.5. The van der Waals surface area contributed by atoms with Gasteiger partial charge in [-0.25, -0.2) is 0 Å². The molecule has 1 aromatic heterocycles. The van der Waals surface area contributed by atoms with Crippen LogP contribution in [0.3, 0.4) is 0 Å². The predicted molar refractivity (Wildman–Crippen MR) is 341 cm³/mol. The van der Waals surface area contributed by atoms with Crippen molar-refractivity contribution in [3.63, 3.8) is 0 Å². The Morgan fingerprint density at radius 1 is 0.225 bits per heavy atom. The van der Waals surface area contributed by atoms with Gasteiger partial charge in [-0.1, -0.05) is 200 Å². The Balaban J connectivity index is 0.720. The second-order valence-corrected chi connectivity index (χ2v) is 21.9. The first-order chi connectivity index (χ1) is 39.6. The van der Waals surface area contributed by atoms with Crippen LogP contribution < -0.4 is 14.7 Å². The van der Waals surface area contributed by atoms with Gasteiger partial charge in [-0.15, -0.1) is 11.3 Å². The molecular weight excluding hydrogens is 987 g/mol. The van der Waals surface area contributed by atoms with Crippen molar-refractivity contribution >= 4 is 56.8 Å². The molecule has 1 fully saturated rings. The summed E-state index contributed by atoms with van der Waals surface area (Å²) in [6.45, 7) is 0. The van der Waals surface area contributed by atoms with Crippen LogP contribution in [0.2, 0.25) is 0 Å². The van der Waals surface area contributed by atoms with Gasteiger partial charge in [-0.2, -0.15) is 0 Å². The minimum absolute atomic E-state index is 0.372. The second kappa shape index (κ2) is 23.2. The van der Waals surface area contributed by atoms with Crippen LogP contribution in [0.1, 0.15) is 37.2 Å². The number of thiophene rings is 1. The number of hydrogen-bond donors (Lipinski definition) is 0. The molecule has 0 spiro atoms.